The largest absolute Gasteiger partial charge is 0.504 e. The minimum absolute atomic E-state index is 0.0194. The van der Waals surface area contributed by atoms with Gasteiger partial charge in [0, 0.05) is 29.2 Å². The summed E-state index contributed by atoms with van der Waals surface area (Å²) in [6.07, 6.45) is 2.23. The summed E-state index contributed by atoms with van der Waals surface area (Å²) in [4.78, 5) is 30.4. The quantitative estimate of drug-likeness (QED) is 0.141. The minimum atomic E-state index is -0.593. The van der Waals surface area contributed by atoms with Crippen molar-refractivity contribution in [3.8, 4) is 22.9 Å². The summed E-state index contributed by atoms with van der Waals surface area (Å²) in [5, 5.41) is 34.5. The zero-order valence-electron chi connectivity index (χ0n) is 24.4. The van der Waals surface area contributed by atoms with E-state index in [1.165, 1.54) is 18.2 Å². The summed E-state index contributed by atoms with van der Waals surface area (Å²) >= 11 is 6.17. The van der Waals surface area contributed by atoms with Crippen molar-refractivity contribution in [3.05, 3.63) is 94.0 Å². The Balaban J connectivity index is 1.23. The van der Waals surface area contributed by atoms with E-state index in [9.17, 15) is 19.8 Å². The number of carbonyl (C=O) groups excluding carboxylic acids is 2. The lowest BCUT2D eigenvalue weighted by atomic mass is 10.00. The number of fused-ring (bicyclic) bond motifs is 3. The van der Waals surface area contributed by atoms with Crippen LogP contribution in [0, 0.1) is 6.92 Å². The van der Waals surface area contributed by atoms with Crippen LogP contribution in [0.1, 0.15) is 64.9 Å². The Hall–Kier alpha value is -4.90. The van der Waals surface area contributed by atoms with Crippen LogP contribution >= 0.6 is 11.6 Å². The van der Waals surface area contributed by atoms with Gasteiger partial charge in [-0.3, -0.25) is 19.1 Å². The number of aromatic hydroxyl groups is 2. The fourth-order valence-electron chi connectivity index (χ4n) is 5.09. The summed E-state index contributed by atoms with van der Waals surface area (Å²) in [5.74, 6) is 0.505. The van der Waals surface area contributed by atoms with Gasteiger partial charge in [-0.2, -0.15) is 0 Å². The number of ether oxygens (including phenoxy) is 1. The highest BCUT2D eigenvalue weighted by Crippen LogP contribution is 2.34. The number of para-hydroxylation sites is 1. The van der Waals surface area contributed by atoms with Gasteiger partial charge in [0.25, 0.3) is 5.91 Å². The fourth-order valence-corrected chi connectivity index (χ4v) is 5.22. The Kier molecular flexibility index (Phi) is 9.44. The number of methoxy groups -OCH3 is 1. The monoisotopic (exact) mass is 616 g/mol. The lowest BCUT2D eigenvalue weighted by Gasteiger charge is -2.14. The van der Waals surface area contributed by atoms with Crippen LogP contribution in [-0.4, -0.2) is 62.7 Å². The Morgan fingerprint density at radius 1 is 0.977 bits per heavy atom. The highest BCUT2D eigenvalue weighted by molar-refractivity contribution is 6.30. The number of benzene rings is 3. The molecule has 0 spiro atoms. The fraction of sp³-hybridized carbons (Fsp3) is 0.281. The molecule has 0 unspecified atom stereocenters. The number of phenols is 2. The molecule has 1 aliphatic rings. The van der Waals surface area contributed by atoms with Crippen molar-refractivity contribution in [3.63, 3.8) is 0 Å². The van der Waals surface area contributed by atoms with Gasteiger partial charge in [-0.15, -0.1) is 10.2 Å². The second kappa shape index (κ2) is 13.6. The van der Waals surface area contributed by atoms with Crippen molar-refractivity contribution in [1.82, 2.24) is 25.4 Å². The molecule has 1 atom stereocenters. The molecule has 12 heteroatoms. The van der Waals surface area contributed by atoms with Crippen LogP contribution in [0.5, 0.6) is 17.2 Å². The average Bonchev–Trinajstić information content (AvgIpc) is 3.34. The number of aromatic nitrogens is 3. The molecule has 0 fully saturated rings. The molecule has 0 radical (unpaired) electrons. The molecule has 11 nitrogen and oxygen atoms in total. The number of hydrogen-bond acceptors (Lipinski definition) is 8. The molecule has 0 saturated carbocycles. The number of amides is 2. The third-order valence-electron chi connectivity index (χ3n) is 7.35. The van der Waals surface area contributed by atoms with Gasteiger partial charge in [-0.05, 0) is 68.7 Å². The van der Waals surface area contributed by atoms with E-state index in [-0.39, 0.29) is 23.6 Å². The van der Waals surface area contributed by atoms with Crippen LogP contribution in [0.2, 0.25) is 5.02 Å². The van der Waals surface area contributed by atoms with Gasteiger partial charge in [-0.1, -0.05) is 29.8 Å². The Bertz CT molecular complexity index is 1700. The topological polar surface area (TPSA) is 151 Å². The van der Waals surface area contributed by atoms with E-state index < -0.39 is 17.7 Å². The van der Waals surface area contributed by atoms with Crippen LogP contribution in [0.25, 0.3) is 5.69 Å². The van der Waals surface area contributed by atoms with Crippen molar-refractivity contribution in [2.75, 3.05) is 20.2 Å². The predicted molar refractivity (Wildman–Crippen MR) is 166 cm³/mol. The van der Waals surface area contributed by atoms with E-state index >= 15 is 0 Å². The number of phenolic OH excluding ortho intramolecular Hbond substituents is 2. The maximum absolute atomic E-state index is 13.1. The maximum atomic E-state index is 13.1. The molecule has 2 heterocycles. The molecule has 5 rings (SSSR count). The molecule has 0 aliphatic carbocycles. The number of rotatable bonds is 11. The van der Waals surface area contributed by atoms with Gasteiger partial charge in [0.2, 0.25) is 5.91 Å². The first-order valence-electron chi connectivity index (χ1n) is 14.3. The van der Waals surface area contributed by atoms with Crippen LogP contribution in [-0.2, 0) is 4.79 Å². The van der Waals surface area contributed by atoms with Gasteiger partial charge in [0.15, 0.2) is 17.3 Å². The highest BCUT2D eigenvalue weighted by atomic mass is 35.5. The van der Waals surface area contributed by atoms with Crippen LogP contribution in [0.4, 0.5) is 0 Å². The number of nitrogens with one attached hydrogen (secondary N) is 2. The third-order valence-corrected chi connectivity index (χ3v) is 7.60. The van der Waals surface area contributed by atoms with Gasteiger partial charge in [0.05, 0.1) is 30.5 Å². The van der Waals surface area contributed by atoms with Crippen LogP contribution in [0.15, 0.2) is 65.7 Å². The van der Waals surface area contributed by atoms with Crippen LogP contribution in [0.3, 0.4) is 0 Å². The molecule has 4 aromatic rings. The second-order valence-corrected chi connectivity index (χ2v) is 10.8. The molecule has 228 valence electrons. The van der Waals surface area contributed by atoms with Crippen LogP contribution < -0.4 is 15.4 Å². The first-order chi connectivity index (χ1) is 21.3. The molecular formula is C32H33ClN6O5. The summed E-state index contributed by atoms with van der Waals surface area (Å²) in [5.41, 5.74) is 3.22. The Labute approximate surface area is 259 Å². The van der Waals surface area contributed by atoms with Crippen molar-refractivity contribution >= 4 is 29.1 Å². The number of unbranched alkanes of at least 4 members (excludes halogenated alkanes) is 2. The standard InChI is InChI=1S/C32H33ClN6O5/c1-19-37-38-31-25(18-28(41)34-15-4-3-5-16-35-32(43)23-7-6-8-27(40)30(23)42)36-29(20-9-11-21(33)12-10-20)24-17-22(44-2)13-14-26(24)39(19)31/h6-14,17,25,40,42H,3-5,15-16,18H2,1-2H3,(H,34,41)(H,35,43)/t25-/m0/s1. The van der Waals surface area contributed by atoms with Crippen molar-refractivity contribution in [2.45, 2.75) is 38.6 Å². The number of aliphatic imine (C=N–C) groups is 1. The molecule has 0 saturated heterocycles. The smallest absolute Gasteiger partial charge is 0.255 e. The molecule has 4 N–H and O–H groups in total. The third kappa shape index (κ3) is 6.68. The predicted octanol–water partition coefficient (Wildman–Crippen LogP) is 4.65. The summed E-state index contributed by atoms with van der Waals surface area (Å²) in [6, 6.07) is 16.8. The van der Waals surface area contributed by atoms with Gasteiger partial charge in [0.1, 0.15) is 17.6 Å². The molecular weight excluding hydrogens is 584 g/mol. The molecule has 44 heavy (non-hydrogen) atoms. The number of hydrogen-bond donors (Lipinski definition) is 4. The van der Waals surface area contributed by atoms with Gasteiger partial charge in [-0.25, -0.2) is 0 Å². The number of halogens is 1. The molecule has 1 aliphatic heterocycles. The molecule has 2 amide bonds. The zero-order chi connectivity index (χ0) is 31.2. The van der Waals surface area contributed by atoms with Crippen molar-refractivity contribution in [1.29, 1.82) is 0 Å². The van der Waals surface area contributed by atoms with E-state index in [1.807, 2.05) is 41.8 Å². The maximum Gasteiger partial charge on any atom is 0.255 e. The number of carbonyl (C=O) groups is 2. The zero-order valence-corrected chi connectivity index (χ0v) is 25.1. The van der Waals surface area contributed by atoms with E-state index in [0.29, 0.717) is 54.1 Å². The van der Waals surface area contributed by atoms with Gasteiger partial charge < -0.3 is 25.6 Å². The highest BCUT2D eigenvalue weighted by Gasteiger charge is 2.30. The van der Waals surface area contributed by atoms with E-state index in [0.717, 1.165) is 23.2 Å². The van der Waals surface area contributed by atoms with Crippen molar-refractivity contribution in [2.24, 2.45) is 4.99 Å². The summed E-state index contributed by atoms with van der Waals surface area (Å²) < 4.78 is 7.45. The lowest BCUT2D eigenvalue weighted by molar-refractivity contribution is -0.121. The first kappa shape index (κ1) is 30.6. The normalized spacial score (nSPS) is 13.7. The molecule has 0 bridgehead atoms. The van der Waals surface area contributed by atoms with E-state index in [1.54, 1.807) is 19.2 Å². The molecule has 1 aromatic heterocycles. The Morgan fingerprint density at radius 3 is 2.48 bits per heavy atom. The first-order valence-corrected chi connectivity index (χ1v) is 14.6. The number of aryl methyl sites for hydroxylation is 1. The van der Waals surface area contributed by atoms with E-state index in [4.69, 9.17) is 21.3 Å². The summed E-state index contributed by atoms with van der Waals surface area (Å²) in [7, 11) is 1.61. The molecule has 3 aromatic carbocycles. The second-order valence-electron chi connectivity index (χ2n) is 10.4. The van der Waals surface area contributed by atoms with Crippen molar-refractivity contribution < 1.29 is 24.5 Å². The average molecular weight is 617 g/mol. The minimum Gasteiger partial charge on any atom is -0.504 e. The van der Waals surface area contributed by atoms with Gasteiger partial charge >= 0.3 is 0 Å². The van der Waals surface area contributed by atoms with E-state index in [2.05, 4.69) is 20.8 Å². The lowest BCUT2D eigenvalue weighted by Crippen LogP contribution is -2.27. The summed E-state index contributed by atoms with van der Waals surface area (Å²) in [6.45, 7) is 2.72. The number of nitrogens with zero attached hydrogens (tertiary/aromatic N) is 4. The Morgan fingerprint density at radius 2 is 1.73 bits per heavy atom. The SMILES string of the molecule is COc1ccc2c(c1)C(c1ccc(Cl)cc1)=N[C@@H](CC(=O)NCCCCCNC(=O)c1cccc(O)c1O)c1nnc(C)n1-2.